The van der Waals surface area contributed by atoms with Crippen molar-refractivity contribution in [3.05, 3.63) is 122 Å². The molecule has 17 nitrogen and oxygen atoms in total. The number of esters is 4. The summed E-state index contributed by atoms with van der Waals surface area (Å²) in [7, 11) is -9.99. The van der Waals surface area contributed by atoms with Crippen LogP contribution >= 0.6 is 15.6 Å². The molecular formula is C83H142O17P2. The van der Waals surface area contributed by atoms with E-state index in [1.54, 1.807) is 0 Å². The summed E-state index contributed by atoms with van der Waals surface area (Å²) in [5, 5.41) is 10.6. The van der Waals surface area contributed by atoms with E-state index in [1.807, 2.05) is 24.3 Å². The molecule has 19 heteroatoms. The maximum absolute atomic E-state index is 13.1. The third-order valence-corrected chi connectivity index (χ3v) is 18.3. The average molecular weight is 1470 g/mol. The van der Waals surface area contributed by atoms with Crippen LogP contribution < -0.4 is 0 Å². The van der Waals surface area contributed by atoms with Gasteiger partial charge in [-0.05, 0) is 154 Å². The Morgan fingerprint density at radius 2 is 0.490 bits per heavy atom. The highest BCUT2D eigenvalue weighted by Gasteiger charge is 2.30. The summed E-state index contributed by atoms with van der Waals surface area (Å²) in [5.41, 5.74) is 0. The summed E-state index contributed by atoms with van der Waals surface area (Å²) in [5.74, 6) is -2.32. The summed E-state index contributed by atoms with van der Waals surface area (Å²) >= 11 is 0. The van der Waals surface area contributed by atoms with Gasteiger partial charge in [0.1, 0.15) is 19.3 Å². The van der Waals surface area contributed by atoms with Gasteiger partial charge in [-0.1, -0.05) is 265 Å². The van der Waals surface area contributed by atoms with Crippen molar-refractivity contribution in [3.8, 4) is 0 Å². The number of hydrogen-bond acceptors (Lipinski definition) is 15. The van der Waals surface area contributed by atoms with Crippen molar-refractivity contribution < 1.29 is 80.2 Å². The topological polar surface area (TPSA) is 237 Å². The molecule has 5 atom stereocenters. The van der Waals surface area contributed by atoms with E-state index in [-0.39, 0.29) is 25.7 Å². The normalized spacial score (nSPS) is 14.5. The highest BCUT2D eigenvalue weighted by molar-refractivity contribution is 7.47. The van der Waals surface area contributed by atoms with E-state index in [0.717, 1.165) is 128 Å². The number of phosphoric ester groups is 2. The zero-order valence-electron chi connectivity index (χ0n) is 64.0. The van der Waals surface area contributed by atoms with Crippen molar-refractivity contribution in [2.45, 2.75) is 341 Å². The molecule has 3 N–H and O–H groups in total. The van der Waals surface area contributed by atoms with Crippen LogP contribution in [0.2, 0.25) is 0 Å². The van der Waals surface area contributed by atoms with Gasteiger partial charge in [-0.2, -0.15) is 0 Å². The van der Waals surface area contributed by atoms with Gasteiger partial charge in [0.15, 0.2) is 12.2 Å². The first-order valence-corrected chi connectivity index (χ1v) is 42.8. The van der Waals surface area contributed by atoms with Crippen LogP contribution in [-0.2, 0) is 65.4 Å². The lowest BCUT2D eigenvalue weighted by atomic mass is 10.1. The monoisotopic (exact) mass is 1470 g/mol. The fourth-order valence-corrected chi connectivity index (χ4v) is 11.8. The molecule has 0 aliphatic heterocycles. The van der Waals surface area contributed by atoms with Crippen LogP contribution in [-0.4, -0.2) is 96.7 Å². The van der Waals surface area contributed by atoms with Crippen molar-refractivity contribution in [3.63, 3.8) is 0 Å². The highest BCUT2D eigenvalue weighted by atomic mass is 31.2. The van der Waals surface area contributed by atoms with E-state index in [2.05, 4.69) is 125 Å². The van der Waals surface area contributed by atoms with Gasteiger partial charge in [0.25, 0.3) is 0 Å². The number of allylic oxidation sites excluding steroid dienone is 20. The van der Waals surface area contributed by atoms with E-state index in [9.17, 15) is 43.2 Å². The Morgan fingerprint density at radius 1 is 0.275 bits per heavy atom. The number of ether oxygens (including phenoxy) is 4. The SMILES string of the molecule is CCCCC/C=C\C/C=C\C/C=C\C/C=C\CCCC(=O)OC[C@H](COP(=O)(O)OC[C@@H](O)COP(=O)(O)OC[C@@H](COC(=O)CCCCCCC/C=C\CCCCCC)OC(=O)CCCCCCC/C=C\CCCCCCCC)OC(=O)CCC/C=C\C/C=C\C/C=C\C/C=C\CCCCC. The molecule has 0 bridgehead atoms. The molecule has 0 radical (unpaired) electrons. The Labute approximate surface area is 619 Å². The number of carbonyl (C=O) groups excluding carboxylic acids is 4. The van der Waals surface area contributed by atoms with E-state index < -0.39 is 97.5 Å². The number of aliphatic hydroxyl groups excluding tert-OH is 1. The van der Waals surface area contributed by atoms with Crippen LogP contribution in [0.1, 0.15) is 323 Å². The van der Waals surface area contributed by atoms with Crippen molar-refractivity contribution in [1.82, 2.24) is 0 Å². The van der Waals surface area contributed by atoms with Crippen LogP contribution in [0.3, 0.4) is 0 Å². The molecule has 0 aromatic carbocycles. The Hall–Kier alpha value is -4.54. The number of hydrogen-bond donors (Lipinski definition) is 3. The van der Waals surface area contributed by atoms with Crippen LogP contribution in [0.4, 0.5) is 0 Å². The Kier molecular flexibility index (Phi) is 71.4. The van der Waals surface area contributed by atoms with Gasteiger partial charge in [-0.25, -0.2) is 9.13 Å². The second kappa shape index (κ2) is 74.7. The number of phosphoric acid groups is 2. The van der Waals surface area contributed by atoms with Gasteiger partial charge in [0.2, 0.25) is 0 Å². The smallest absolute Gasteiger partial charge is 0.462 e. The molecule has 0 aliphatic rings. The minimum absolute atomic E-state index is 0.00505. The lowest BCUT2D eigenvalue weighted by molar-refractivity contribution is -0.161. The largest absolute Gasteiger partial charge is 0.472 e. The molecule has 0 aliphatic carbocycles. The molecule has 0 amide bonds. The molecule has 586 valence electrons. The molecule has 2 unspecified atom stereocenters. The molecule has 0 fully saturated rings. The van der Waals surface area contributed by atoms with Gasteiger partial charge in [0, 0.05) is 25.7 Å². The molecule has 0 aromatic rings. The van der Waals surface area contributed by atoms with Crippen molar-refractivity contribution in [2.24, 2.45) is 0 Å². The van der Waals surface area contributed by atoms with E-state index in [1.165, 1.54) is 103 Å². The number of unbranched alkanes of at least 4 members (excludes halogenated alkanes) is 28. The Morgan fingerprint density at radius 3 is 0.824 bits per heavy atom. The van der Waals surface area contributed by atoms with Gasteiger partial charge < -0.3 is 33.8 Å². The molecule has 0 spiro atoms. The zero-order chi connectivity index (χ0) is 74.6. The predicted octanol–water partition coefficient (Wildman–Crippen LogP) is 23.1. The van der Waals surface area contributed by atoms with Gasteiger partial charge >= 0.3 is 39.5 Å². The molecule has 0 saturated carbocycles. The molecule has 0 aromatic heterocycles. The third-order valence-electron chi connectivity index (χ3n) is 16.4. The fourth-order valence-electron chi connectivity index (χ4n) is 10.3. The van der Waals surface area contributed by atoms with Gasteiger partial charge in [-0.15, -0.1) is 0 Å². The zero-order valence-corrected chi connectivity index (χ0v) is 65.8. The molecule has 0 saturated heterocycles. The second-order valence-corrected chi connectivity index (χ2v) is 29.2. The number of rotatable bonds is 74. The third kappa shape index (κ3) is 73.8. The predicted molar refractivity (Wildman–Crippen MR) is 418 cm³/mol. The van der Waals surface area contributed by atoms with Crippen LogP contribution in [0.15, 0.2) is 122 Å². The lowest BCUT2D eigenvalue weighted by Gasteiger charge is -2.21. The number of carbonyl (C=O) groups is 4. The van der Waals surface area contributed by atoms with Crippen LogP contribution in [0.5, 0.6) is 0 Å². The highest BCUT2D eigenvalue weighted by Crippen LogP contribution is 2.45. The lowest BCUT2D eigenvalue weighted by Crippen LogP contribution is -2.30. The molecule has 102 heavy (non-hydrogen) atoms. The van der Waals surface area contributed by atoms with E-state index in [0.29, 0.717) is 38.5 Å². The minimum Gasteiger partial charge on any atom is -0.462 e. The van der Waals surface area contributed by atoms with Gasteiger partial charge in [-0.3, -0.25) is 37.3 Å². The molecule has 0 heterocycles. The molecular weight excluding hydrogens is 1330 g/mol. The van der Waals surface area contributed by atoms with E-state index in [4.69, 9.17) is 37.0 Å². The average Bonchev–Trinajstić information content (AvgIpc) is 0.943. The maximum atomic E-state index is 13.1. The van der Waals surface area contributed by atoms with Gasteiger partial charge in [0.05, 0.1) is 26.4 Å². The van der Waals surface area contributed by atoms with Crippen LogP contribution in [0.25, 0.3) is 0 Å². The summed E-state index contributed by atoms with van der Waals surface area (Å²) < 4.78 is 68.4. The van der Waals surface area contributed by atoms with Crippen molar-refractivity contribution >= 4 is 39.5 Å². The maximum Gasteiger partial charge on any atom is 0.472 e. The first-order chi connectivity index (χ1) is 49.7. The second-order valence-electron chi connectivity index (χ2n) is 26.3. The standard InChI is InChI=1S/C83H142O17P2/c1-5-9-13-17-21-25-29-33-36-38-41-44-48-52-56-60-64-68-81(86)94-74-79(100-83(88)70-66-62-58-54-50-46-42-39-37-34-30-26-22-18-14-10-6-2)76-98-102(91,92)96-72-77(84)71-95-101(89,90)97-75-78(73-93-80(85)67-63-59-55-51-47-43-32-28-24-20-16-12-8-4)99-82(87)69-65-61-57-53-49-45-40-35-31-27-23-19-15-11-7-3/h21-22,25-26,28,32-37,40-42,44,46,52,54,56,58,77-79,84H,5-20,23-24,27,29-31,38-39,43,45,47-51,53,55,57,59-76H2,1-4H3,(H,89,90)(H,91,92)/b25-21-,26-22-,32-28-,36-33-,37-34-,40-35-,44-41-,46-42-,56-52-,58-54-/t77-,78+,79+/m0/s1. The van der Waals surface area contributed by atoms with Crippen molar-refractivity contribution in [1.29, 1.82) is 0 Å². The minimum atomic E-state index is -5.01. The molecule has 0 rings (SSSR count). The Balaban J connectivity index is 5.47. The summed E-state index contributed by atoms with van der Waals surface area (Å²) in [6, 6.07) is 0. The summed E-state index contributed by atoms with van der Waals surface area (Å²) in [6.45, 7) is 4.67. The quantitative estimate of drug-likeness (QED) is 0.0169. The Bertz CT molecular complexity index is 2410. The summed E-state index contributed by atoms with van der Waals surface area (Å²) in [6.07, 6.45) is 81.9. The summed E-state index contributed by atoms with van der Waals surface area (Å²) in [4.78, 5) is 72.9. The first kappa shape index (κ1) is 97.5. The first-order valence-electron chi connectivity index (χ1n) is 39.8. The van der Waals surface area contributed by atoms with Crippen LogP contribution in [0, 0.1) is 0 Å². The number of aliphatic hydroxyl groups is 1. The van der Waals surface area contributed by atoms with E-state index >= 15 is 0 Å². The van der Waals surface area contributed by atoms with Crippen molar-refractivity contribution in [2.75, 3.05) is 39.6 Å². The fraction of sp³-hybridized carbons (Fsp3) is 0.711.